The van der Waals surface area contributed by atoms with E-state index in [1.165, 1.54) is 49.4 Å². The molecule has 0 N–H and O–H groups in total. The minimum Gasteiger partial charge on any atom is -0.294 e. The lowest BCUT2D eigenvalue weighted by Gasteiger charge is -2.21. The van der Waals surface area contributed by atoms with E-state index in [0.29, 0.717) is 0 Å². The SMILES string of the molecule is CC1(C)c2ccccc2-c2cc(-c3ccnc(-n4c5ccccc5c5cc6nc7c8ccccc8c8ccccc8n7c6cc54)c3)ccc21. The second-order valence-electron chi connectivity index (χ2n) is 13.9. The highest BCUT2D eigenvalue weighted by molar-refractivity contribution is 6.17. The van der Waals surface area contributed by atoms with Gasteiger partial charge in [-0.3, -0.25) is 8.97 Å². The second-order valence-corrected chi connectivity index (χ2v) is 13.9. The van der Waals surface area contributed by atoms with E-state index in [0.717, 1.165) is 50.0 Å². The summed E-state index contributed by atoms with van der Waals surface area (Å²) in [5.74, 6) is 0.897. The lowest BCUT2D eigenvalue weighted by molar-refractivity contribution is 0.660. The molecule has 0 bridgehead atoms. The van der Waals surface area contributed by atoms with Crippen molar-refractivity contribution in [3.63, 3.8) is 0 Å². The van der Waals surface area contributed by atoms with Gasteiger partial charge in [0.25, 0.3) is 0 Å². The van der Waals surface area contributed by atoms with Crippen LogP contribution in [0.25, 0.3) is 88.2 Å². The van der Waals surface area contributed by atoms with Crippen LogP contribution in [0.5, 0.6) is 0 Å². The molecule has 6 aromatic carbocycles. The number of rotatable bonds is 2. The van der Waals surface area contributed by atoms with Gasteiger partial charge in [-0.05, 0) is 81.2 Å². The summed E-state index contributed by atoms with van der Waals surface area (Å²) in [4.78, 5) is 10.3. The molecule has 0 amide bonds. The minimum atomic E-state index is -0.0163. The smallest absolute Gasteiger partial charge is 0.146 e. The fourth-order valence-corrected chi connectivity index (χ4v) is 8.64. The average Bonchev–Trinajstić information content (AvgIpc) is 3.76. The van der Waals surface area contributed by atoms with Crippen LogP contribution in [-0.4, -0.2) is 18.9 Å². The molecule has 4 nitrogen and oxygen atoms in total. The highest BCUT2D eigenvalue weighted by Gasteiger charge is 2.35. The lowest BCUT2D eigenvalue weighted by atomic mass is 9.82. The van der Waals surface area contributed by atoms with Crippen molar-refractivity contribution in [1.29, 1.82) is 0 Å². The number of nitrogens with zero attached hydrogens (tertiary/aromatic N) is 4. The fourth-order valence-electron chi connectivity index (χ4n) is 8.64. The summed E-state index contributed by atoms with van der Waals surface area (Å²) in [5.41, 5.74) is 14.2. The van der Waals surface area contributed by atoms with Gasteiger partial charge in [0, 0.05) is 33.2 Å². The van der Waals surface area contributed by atoms with Crippen LogP contribution in [-0.2, 0) is 5.41 Å². The molecule has 10 aromatic rings. The van der Waals surface area contributed by atoms with Crippen molar-refractivity contribution in [2.24, 2.45) is 0 Å². The Hall–Kier alpha value is -6.26. The van der Waals surface area contributed by atoms with E-state index < -0.39 is 0 Å². The lowest BCUT2D eigenvalue weighted by Crippen LogP contribution is -2.14. The van der Waals surface area contributed by atoms with Crippen LogP contribution in [0.1, 0.15) is 25.0 Å². The van der Waals surface area contributed by atoms with Gasteiger partial charge in [0.05, 0.1) is 27.6 Å². The molecule has 0 radical (unpaired) electrons. The van der Waals surface area contributed by atoms with Crippen LogP contribution in [0.4, 0.5) is 0 Å². The summed E-state index contributed by atoms with van der Waals surface area (Å²) < 4.78 is 4.66. The Labute approximate surface area is 282 Å². The Bertz CT molecular complexity index is 3030. The standard InChI is InChI=1S/C45H30N4/c1-45(2)36-16-8-5-12-30(36)34-23-27(19-20-37(34)45)28-21-22-46-43(24-28)48-39-17-9-7-14-32(39)35-25-38-42(26-41(35)48)49-40-18-10-6-13-31(40)29-11-3-4-15-33(29)44(49)47-38/h3-26H,1-2H3. The van der Waals surface area contributed by atoms with Crippen molar-refractivity contribution < 1.29 is 0 Å². The molecule has 230 valence electrons. The Morgan fingerprint density at radius 3 is 2.02 bits per heavy atom. The molecule has 1 aliphatic rings. The molecule has 1 aliphatic carbocycles. The van der Waals surface area contributed by atoms with Gasteiger partial charge in [-0.2, -0.15) is 0 Å². The van der Waals surface area contributed by atoms with E-state index >= 15 is 0 Å². The minimum absolute atomic E-state index is 0.0163. The Kier molecular flexibility index (Phi) is 5.15. The molecule has 0 atom stereocenters. The molecule has 0 spiro atoms. The van der Waals surface area contributed by atoms with E-state index in [1.807, 2.05) is 6.20 Å². The van der Waals surface area contributed by atoms with Gasteiger partial charge in [-0.15, -0.1) is 0 Å². The third-order valence-electron chi connectivity index (χ3n) is 10.9. The summed E-state index contributed by atoms with van der Waals surface area (Å²) in [7, 11) is 0. The normalized spacial score (nSPS) is 13.7. The number of fused-ring (bicyclic) bond motifs is 14. The van der Waals surface area contributed by atoms with Gasteiger partial charge in [0.2, 0.25) is 0 Å². The van der Waals surface area contributed by atoms with E-state index in [1.54, 1.807) is 0 Å². The van der Waals surface area contributed by atoms with Crippen LogP contribution < -0.4 is 0 Å². The van der Waals surface area contributed by atoms with Crippen molar-refractivity contribution >= 4 is 60.2 Å². The zero-order valence-electron chi connectivity index (χ0n) is 27.1. The maximum atomic E-state index is 5.28. The Balaban J connectivity index is 1.17. The predicted molar refractivity (Wildman–Crippen MR) is 203 cm³/mol. The van der Waals surface area contributed by atoms with Crippen LogP contribution in [0.3, 0.4) is 0 Å². The third kappa shape index (κ3) is 3.53. The van der Waals surface area contributed by atoms with Gasteiger partial charge >= 0.3 is 0 Å². The van der Waals surface area contributed by atoms with Crippen molar-refractivity contribution in [2.45, 2.75) is 19.3 Å². The number of hydrogen-bond donors (Lipinski definition) is 0. The number of imidazole rings is 1. The van der Waals surface area contributed by atoms with Crippen molar-refractivity contribution in [2.75, 3.05) is 0 Å². The van der Waals surface area contributed by atoms with Crippen molar-refractivity contribution in [3.8, 4) is 28.1 Å². The van der Waals surface area contributed by atoms with Gasteiger partial charge < -0.3 is 0 Å². The summed E-state index contributed by atoms with van der Waals surface area (Å²) in [5, 5.41) is 5.96. The quantitative estimate of drug-likeness (QED) is 0.179. The molecule has 4 heteroatoms. The number of aromatic nitrogens is 4. The maximum Gasteiger partial charge on any atom is 0.146 e. The number of benzene rings is 6. The van der Waals surface area contributed by atoms with Crippen molar-refractivity contribution in [3.05, 3.63) is 157 Å². The first kappa shape index (κ1) is 26.8. The summed E-state index contributed by atoms with van der Waals surface area (Å²) in [6.45, 7) is 4.66. The summed E-state index contributed by atoms with van der Waals surface area (Å²) in [6.07, 6.45) is 1.95. The van der Waals surface area contributed by atoms with E-state index in [4.69, 9.17) is 9.97 Å². The molecule has 11 rings (SSSR count). The second kappa shape index (κ2) is 9.42. The highest BCUT2D eigenvalue weighted by atomic mass is 15.1. The first-order valence-electron chi connectivity index (χ1n) is 16.9. The summed E-state index contributed by atoms with van der Waals surface area (Å²) in [6, 6.07) is 50.6. The van der Waals surface area contributed by atoms with Crippen LogP contribution >= 0.6 is 0 Å². The van der Waals surface area contributed by atoms with Crippen LogP contribution in [0.2, 0.25) is 0 Å². The van der Waals surface area contributed by atoms with E-state index in [2.05, 4.69) is 162 Å². The number of para-hydroxylation sites is 2. The molecule has 0 saturated heterocycles. The van der Waals surface area contributed by atoms with Gasteiger partial charge in [0.1, 0.15) is 11.5 Å². The van der Waals surface area contributed by atoms with Gasteiger partial charge in [-0.1, -0.05) is 111 Å². The predicted octanol–water partition coefficient (Wildman–Crippen LogP) is 11.3. The average molecular weight is 627 g/mol. The van der Waals surface area contributed by atoms with Gasteiger partial charge in [-0.25, -0.2) is 9.97 Å². The Morgan fingerprint density at radius 1 is 0.490 bits per heavy atom. The number of hydrogen-bond acceptors (Lipinski definition) is 2. The molecular weight excluding hydrogens is 597 g/mol. The molecule has 0 fully saturated rings. The fraction of sp³-hybridized carbons (Fsp3) is 0.0667. The molecule has 0 aliphatic heterocycles. The van der Waals surface area contributed by atoms with Crippen LogP contribution in [0.15, 0.2) is 146 Å². The molecule has 0 unspecified atom stereocenters. The Morgan fingerprint density at radius 2 is 1.16 bits per heavy atom. The zero-order valence-corrected chi connectivity index (χ0v) is 27.1. The third-order valence-corrected chi connectivity index (χ3v) is 10.9. The van der Waals surface area contributed by atoms with E-state index in [9.17, 15) is 0 Å². The highest BCUT2D eigenvalue weighted by Crippen LogP contribution is 2.49. The topological polar surface area (TPSA) is 35.1 Å². The molecule has 0 saturated carbocycles. The van der Waals surface area contributed by atoms with Crippen LogP contribution in [0, 0.1) is 0 Å². The van der Waals surface area contributed by atoms with E-state index in [-0.39, 0.29) is 5.41 Å². The molecule has 49 heavy (non-hydrogen) atoms. The largest absolute Gasteiger partial charge is 0.294 e. The first-order valence-corrected chi connectivity index (χ1v) is 16.9. The van der Waals surface area contributed by atoms with Gasteiger partial charge in [0.15, 0.2) is 0 Å². The maximum absolute atomic E-state index is 5.28. The molecule has 4 aromatic heterocycles. The molecule has 4 heterocycles. The molecular formula is C45H30N4. The first-order chi connectivity index (χ1) is 24.1. The van der Waals surface area contributed by atoms with Crippen molar-refractivity contribution in [1.82, 2.24) is 18.9 Å². The number of pyridine rings is 2. The summed E-state index contributed by atoms with van der Waals surface area (Å²) >= 11 is 0. The zero-order chi connectivity index (χ0) is 32.4. The monoisotopic (exact) mass is 626 g/mol.